The number of nitrogens with one attached hydrogen (secondary N) is 1. The highest BCUT2D eigenvalue weighted by Gasteiger charge is 2.31. The summed E-state index contributed by atoms with van der Waals surface area (Å²) >= 11 is 0. The molecule has 0 aromatic heterocycles. The van der Waals surface area contributed by atoms with Crippen molar-refractivity contribution < 1.29 is 9.59 Å². The summed E-state index contributed by atoms with van der Waals surface area (Å²) in [7, 11) is 0. The number of amides is 2. The third kappa shape index (κ3) is 5.24. The Morgan fingerprint density at radius 1 is 0.812 bits per heavy atom. The summed E-state index contributed by atoms with van der Waals surface area (Å²) < 4.78 is 0. The van der Waals surface area contributed by atoms with E-state index in [0.717, 1.165) is 36.9 Å². The van der Waals surface area contributed by atoms with Crippen molar-refractivity contribution in [2.45, 2.75) is 44.3 Å². The molecule has 2 amide bonds. The number of anilines is 1. The summed E-state index contributed by atoms with van der Waals surface area (Å²) in [4.78, 5) is 27.7. The molecule has 5 heteroatoms. The number of hydrogen-bond acceptors (Lipinski definition) is 3. The second kappa shape index (κ2) is 10.2. The monoisotopic (exact) mass is 427 g/mol. The highest BCUT2D eigenvalue weighted by atomic mass is 16.2. The zero-order chi connectivity index (χ0) is 22.3. The summed E-state index contributed by atoms with van der Waals surface area (Å²) in [6.45, 7) is 0.485. The maximum absolute atomic E-state index is 13.4. The number of benzene rings is 3. The molecule has 164 valence electrons. The Balaban J connectivity index is 1.50. The summed E-state index contributed by atoms with van der Waals surface area (Å²) in [6, 6.07) is 26.2. The van der Waals surface area contributed by atoms with Crippen LogP contribution in [0.3, 0.4) is 0 Å². The van der Waals surface area contributed by atoms with E-state index in [9.17, 15) is 9.59 Å². The first-order valence-corrected chi connectivity index (χ1v) is 11.2. The van der Waals surface area contributed by atoms with Gasteiger partial charge in [0.25, 0.3) is 11.8 Å². The predicted molar refractivity (Wildman–Crippen MR) is 127 cm³/mol. The predicted octanol–water partition coefficient (Wildman–Crippen LogP) is 4.85. The smallest absolute Gasteiger partial charge is 0.255 e. The van der Waals surface area contributed by atoms with Gasteiger partial charge >= 0.3 is 0 Å². The van der Waals surface area contributed by atoms with E-state index < -0.39 is 0 Å². The van der Waals surface area contributed by atoms with Crippen molar-refractivity contribution >= 4 is 17.5 Å². The topological polar surface area (TPSA) is 75.4 Å². The maximum Gasteiger partial charge on any atom is 0.255 e. The van der Waals surface area contributed by atoms with E-state index in [1.807, 2.05) is 77.7 Å². The third-order valence-corrected chi connectivity index (χ3v) is 6.06. The summed E-state index contributed by atoms with van der Waals surface area (Å²) in [5, 5.41) is 2.92. The quantitative estimate of drug-likeness (QED) is 0.590. The Morgan fingerprint density at radius 2 is 1.41 bits per heavy atom. The fourth-order valence-electron chi connectivity index (χ4n) is 4.30. The Bertz CT molecular complexity index is 1040. The number of nitrogens with zero attached hydrogens (tertiary/aromatic N) is 1. The Morgan fingerprint density at radius 3 is 2.03 bits per heavy atom. The highest BCUT2D eigenvalue weighted by molar-refractivity contribution is 6.04. The van der Waals surface area contributed by atoms with E-state index in [1.54, 1.807) is 12.1 Å². The van der Waals surface area contributed by atoms with Gasteiger partial charge in [-0.1, -0.05) is 61.4 Å². The van der Waals surface area contributed by atoms with Crippen LogP contribution >= 0.6 is 0 Å². The van der Waals surface area contributed by atoms with Gasteiger partial charge in [0.1, 0.15) is 0 Å². The highest BCUT2D eigenvalue weighted by Crippen LogP contribution is 2.26. The molecular weight excluding hydrogens is 398 g/mol. The maximum atomic E-state index is 13.4. The van der Waals surface area contributed by atoms with E-state index in [0.29, 0.717) is 17.7 Å². The lowest BCUT2D eigenvalue weighted by Gasteiger charge is -2.38. The Labute approximate surface area is 189 Å². The summed E-state index contributed by atoms with van der Waals surface area (Å²) in [5.41, 5.74) is 9.46. The van der Waals surface area contributed by atoms with Crippen LogP contribution in [0.2, 0.25) is 0 Å². The Hall–Kier alpha value is -3.44. The number of carbonyl (C=O) groups is 2. The second-order valence-corrected chi connectivity index (χ2v) is 8.33. The minimum atomic E-state index is -0.146. The van der Waals surface area contributed by atoms with Crippen LogP contribution in [0, 0.1) is 0 Å². The minimum absolute atomic E-state index is 0.00871. The Kier molecular flexibility index (Phi) is 6.97. The van der Waals surface area contributed by atoms with Gasteiger partial charge in [-0.15, -0.1) is 0 Å². The van der Waals surface area contributed by atoms with Crippen LogP contribution in [0.5, 0.6) is 0 Å². The molecule has 1 fully saturated rings. The molecule has 3 aromatic carbocycles. The van der Waals surface area contributed by atoms with E-state index in [1.165, 1.54) is 0 Å². The van der Waals surface area contributed by atoms with Crippen molar-refractivity contribution in [1.29, 1.82) is 0 Å². The summed E-state index contributed by atoms with van der Waals surface area (Å²) in [6.07, 6.45) is 4.06. The average molecular weight is 428 g/mol. The molecule has 1 aliphatic rings. The molecule has 3 aromatic rings. The molecular formula is C27H29N3O2. The first kappa shape index (κ1) is 21.8. The van der Waals surface area contributed by atoms with Crippen molar-refractivity contribution in [2.75, 3.05) is 5.32 Å². The molecule has 1 saturated carbocycles. The third-order valence-electron chi connectivity index (χ3n) is 6.06. The first-order valence-electron chi connectivity index (χ1n) is 11.2. The number of nitrogens with two attached hydrogens (primary N) is 1. The molecule has 0 saturated heterocycles. The van der Waals surface area contributed by atoms with Crippen LogP contribution in [0.1, 0.15) is 52.0 Å². The molecule has 0 aliphatic heterocycles. The van der Waals surface area contributed by atoms with Gasteiger partial charge in [0.2, 0.25) is 0 Å². The number of hydrogen-bond donors (Lipinski definition) is 2. The van der Waals surface area contributed by atoms with Crippen molar-refractivity contribution in [2.24, 2.45) is 5.73 Å². The zero-order valence-electron chi connectivity index (χ0n) is 18.1. The van der Waals surface area contributed by atoms with E-state index in [4.69, 9.17) is 5.73 Å². The lowest BCUT2D eigenvalue weighted by molar-refractivity contribution is 0.0583. The standard InChI is InChI=1S/C27H29N3O2/c28-24-13-7-8-14-25(24)30(27(32)22-11-5-2-6-12-22)19-20-15-17-23(18-16-20)29-26(31)21-9-3-1-4-10-21/h1-6,9-12,15-18,24-25H,7-8,13-14,19,28H2,(H,29,31). The van der Waals surface area contributed by atoms with Crippen LogP contribution in [0.25, 0.3) is 0 Å². The number of rotatable bonds is 6. The molecule has 0 bridgehead atoms. The van der Waals surface area contributed by atoms with Crippen molar-refractivity contribution in [3.8, 4) is 0 Å². The molecule has 3 N–H and O–H groups in total. The van der Waals surface area contributed by atoms with E-state index in [2.05, 4.69) is 5.32 Å². The largest absolute Gasteiger partial charge is 0.330 e. The van der Waals surface area contributed by atoms with Crippen molar-refractivity contribution in [3.63, 3.8) is 0 Å². The molecule has 0 radical (unpaired) electrons. The second-order valence-electron chi connectivity index (χ2n) is 8.33. The zero-order valence-corrected chi connectivity index (χ0v) is 18.1. The molecule has 1 aliphatic carbocycles. The van der Waals surface area contributed by atoms with Gasteiger partial charge < -0.3 is 16.0 Å². The normalized spacial score (nSPS) is 18.0. The molecule has 0 spiro atoms. The van der Waals surface area contributed by atoms with Crippen LogP contribution in [0.15, 0.2) is 84.9 Å². The average Bonchev–Trinajstić information content (AvgIpc) is 2.85. The van der Waals surface area contributed by atoms with Gasteiger partial charge in [-0.05, 0) is 54.8 Å². The van der Waals surface area contributed by atoms with Gasteiger partial charge in [-0.25, -0.2) is 0 Å². The lowest BCUT2D eigenvalue weighted by Crippen LogP contribution is -2.51. The lowest BCUT2D eigenvalue weighted by atomic mass is 9.89. The van der Waals surface area contributed by atoms with Gasteiger partial charge in [-0.2, -0.15) is 0 Å². The molecule has 0 heterocycles. The van der Waals surface area contributed by atoms with Gasteiger partial charge in [0, 0.05) is 35.4 Å². The molecule has 4 rings (SSSR count). The van der Waals surface area contributed by atoms with Crippen molar-refractivity contribution in [3.05, 3.63) is 102 Å². The summed E-state index contributed by atoms with van der Waals surface area (Å²) in [5.74, 6) is -0.137. The molecule has 2 unspecified atom stereocenters. The fraction of sp³-hybridized carbons (Fsp3) is 0.259. The fourth-order valence-corrected chi connectivity index (χ4v) is 4.30. The molecule has 32 heavy (non-hydrogen) atoms. The van der Waals surface area contributed by atoms with Gasteiger partial charge in [-0.3, -0.25) is 9.59 Å². The molecule has 5 nitrogen and oxygen atoms in total. The van der Waals surface area contributed by atoms with Gasteiger partial charge in [0.05, 0.1) is 0 Å². The number of carbonyl (C=O) groups excluding carboxylic acids is 2. The van der Waals surface area contributed by atoms with Gasteiger partial charge in [0.15, 0.2) is 0 Å². The van der Waals surface area contributed by atoms with E-state index in [-0.39, 0.29) is 23.9 Å². The first-order chi connectivity index (χ1) is 15.6. The van der Waals surface area contributed by atoms with Crippen LogP contribution < -0.4 is 11.1 Å². The SMILES string of the molecule is NC1CCCCC1N(Cc1ccc(NC(=O)c2ccccc2)cc1)C(=O)c1ccccc1. The van der Waals surface area contributed by atoms with Crippen LogP contribution in [-0.2, 0) is 6.54 Å². The van der Waals surface area contributed by atoms with Crippen molar-refractivity contribution in [1.82, 2.24) is 4.90 Å². The minimum Gasteiger partial charge on any atom is -0.330 e. The molecule has 2 atom stereocenters. The van der Waals surface area contributed by atoms with E-state index >= 15 is 0 Å². The van der Waals surface area contributed by atoms with Crippen LogP contribution in [-0.4, -0.2) is 28.8 Å². The van der Waals surface area contributed by atoms with Crippen LogP contribution in [0.4, 0.5) is 5.69 Å².